The smallest absolute Gasteiger partial charge is 0.226 e. The first-order valence-electron chi connectivity index (χ1n) is 5.03. The van der Waals surface area contributed by atoms with Gasteiger partial charge in [0.25, 0.3) is 0 Å². The van der Waals surface area contributed by atoms with Crippen LogP contribution in [0.4, 0.5) is 0 Å². The lowest BCUT2D eigenvalue weighted by Crippen LogP contribution is -2.33. The highest BCUT2D eigenvalue weighted by Crippen LogP contribution is 2.43. The maximum absolute atomic E-state index is 11.7. The van der Waals surface area contributed by atoms with E-state index in [9.17, 15) is 9.59 Å². The molecule has 0 aromatic carbocycles. The van der Waals surface area contributed by atoms with Crippen LogP contribution in [0.15, 0.2) is 0 Å². The summed E-state index contributed by atoms with van der Waals surface area (Å²) in [6.45, 7) is 0. The Morgan fingerprint density at radius 3 is 2.54 bits per heavy atom. The van der Waals surface area contributed by atoms with Crippen LogP contribution in [-0.2, 0) is 9.59 Å². The summed E-state index contributed by atoms with van der Waals surface area (Å²) in [6.07, 6.45) is 7.06. The Bertz CT molecular complexity index is 231. The number of hydrogen-bond donors (Lipinski definition) is 1. The molecule has 1 saturated carbocycles. The molecule has 1 heterocycles. The van der Waals surface area contributed by atoms with Gasteiger partial charge in [0.05, 0.1) is 11.5 Å². The van der Waals surface area contributed by atoms with Crippen molar-refractivity contribution in [3.63, 3.8) is 0 Å². The molecule has 0 radical (unpaired) electrons. The molecule has 0 aromatic rings. The Labute approximate surface area is 77.9 Å². The Hall–Kier alpha value is -0.860. The van der Waals surface area contributed by atoms with Crippen molar-refractivity contribution < 1.29 is 9.59 Å². The van der Waals surface area contributed by atoms with E-state index in [2.05, 4.69) is 5.32 Å². The van der Waals surface area contributed by atoms with E-state index in [0.29, 0.717) is 0 Å². The van der Waals surface area contributed by atoms with Gasteiger partial charge in [0.1, 0.15) is 6.29 Å². The second-order valence-corrected chi connectivity index (χ2v) is 4.26. The fourth-order valence-corrected chi connectivity index (χ4v) is 2.63. The summed E-state index contributed by atoms with van der Waals surface area (Å²) in [4.78, 5) is 22.2. The van der Waals surface area contributed by atoms with E-state index < -0.39 is 0 Å². The van der Waals surface area contributed by atoms with Crippen molar-refractivity contribution in [2.24, 2.45) is 5.41 Å². The minimum atomic E-state index is -0.217. The quantitative estimate of drug-likeness (QED) is 0.614. The first-order valence-corrected chi connectivity index (χ1v) is 5.03. The fourth-order valence-electron chi connectivity index (χ4n) is 2.63. The lowest BCUT2D eigenvalue weighted by atomic mass is 9.72. The Morgan fingerprint density at radius 1 is 1.31 bits per heavy atom. The van der Waals surface area contributed by atoms with E-state index in [1.54, 1.807) is 0 Å². The third-order valence-electron chi connectivity index (χ3n) is 3.38. The molecular formula is C10H15NO2. The van der Waals surface area contributed by atoms with Gasteiger partial charge in [0.15, 0.2) is 0 Å². The van der Waals surface area contributed by atoms with Crippen molar-refractivity contribution in [2.45, 2.75) is 44.6 Å². The minimum Gasteiger partial charge on any atom is -0.346 e. The summed E-state index contributed by atoms with van der Waals surface area (Å²) >= 11 is 0. The number of rotatable bonds is 1. The molecule has 1 spiro atoms. The second kappa shape index (κ2) is 3.13. The summed E-state index contributed by atoms with van der Waals surface area (Å²) in [5.74, 6) is 0.115. The van der Waals surface area contributed by atoms with E-state index in [-0.39, 0.29) is 17.4 Å². The van der Waals surface area contributed by atoms with E-state index >= 15 is 0 Å². The molecule has 1 amide bonds. The molecular weight excluding hydrogens is 166 g/mol. The van der Waals surface area contributed by atoms with Crippen LogP contribution < -0.4 is 5.32 Å². The lowest BCUT2D eigenvalue weighted by molar-refractivity contribution is -0.129. The molecule has 1 aliphatic heterocycles. The first-order chi connectivity index (χ1) is 6.27. The van der Waals surface area contributed by atoms with Gasteiger partial charge in [0.2, 0.25) is 5.91 Å². The van der Waals surface area contributed by atoms with Crippen LogP contribution in [0.3, 0.4) is 0 Å². The first kappa shape index (κ1) is 8.73. The van der Waals surface area contributed by atoms with Crippen molar-refractivity contribution in [1.82, 2.24) is 5.32 Å². The Kier molecular flexibility index (Phi) is 2.10. The van der Waals surface area contributed by atoms with Crippen LogP contribution in [0.2, 0.25) is 0 Å². The SMILES string of the molecule is O=C[C@H]1CC2(CCCCC2)C(=O)N1. The molecule has 72 valence electrons. The third kappa shape index (κ3) is 1.36. The number of hydrogen-bond acceptors (Lipinski definition) is 2. The monoisotopic (exact) mass is 181 g/mol. The van der Waals surface area contributed by atoms with Gasteiger partial charge in [-0.15, -0.1) is 0 Å². The minimum absolute atomic E-state index is 0.115. The molecule has 0 unspecified atom stereocenters. The predicted molar refractivity (Wildman–Crippen MR) is 48.1 cm³/mol. The van der Waals surface area contributed by atoms with Gasteiger partial charge in [-0.2, -0.15) is 0 Å². The van der Waals surface area contributed by atoms with E-state index in [1.807, 2.05) is 0 Å². The molecule has 3 nitrogen and oxygen atoms in total. The highest BCUT2D eigenvalue weighted by atomic mass is 16.2. The number of carbonyl (C=O) groups is 2. The summed E-state index contributed by atoms with van der Waals surface area (Å²) in [5.41, 5.74) is -0.177. The standard InChI is InChI=1S/C10H15NO2/c12-7-8-6-10(9(13)11-8)4-2-1-3-5-10/h7-8H,1-6H2,(H,11,13)/t8-/m1/s1. The summed E-state index contributed by atoms with van der Waals surface area (Å²) in [7, 11) is 0. The Morgan fingerprint density at radius 2 is 2.00 bits per heavy atom. The highest BCUT2D eigenvalue weighted by Gasteiger charge is 2.46. The Balaban J connectivity index is 2.13. The summed E-state index contributed by atoms with van der Waals surface area (Å²) in [5, 5.41) is 2.76. The topological polar surface area (TPSA) is 46.2 Å². The van der Waals surface area contributed by atoms with Gasteiger partial charge in [-0.3, -0.25) is 4.79 Å². The summed E-state index contributed by atoms with van der Waals surface area (Å²) in [6, 6.07) is -0.217. The van der Waals surface area contributed by atoms with Gasteiger partial charge in [-0.25, -0.2) is 0 Å². The van der Waals surface area contributed by atoms with Crippen LogP contribution in [0.5, 0.6) is 0 Å². The van der Waals surface area contributed by atoms with E-state index in [1.165, 1.54) is 6.42 Å². The molecule has 1 aliphatic carbocycles. The van der Waals surface area contributed by atoms with Crippen molar-refractivity contribution in [1.29, 1.82) is 0 Å². The number of amides is 1. The molecule has 3 heteroatoms. The maximum atomic E-state index is 11.7. The average molecular weight is 181 g/mol. The third-order valence-corrected chi connectivity index (χ3v) is 3.38. The van der Waals surface area contributed by atoms with E-state index in [0.717, 1.165) is 38.4 Å². The van der Waals surface area contributed by atoms with Crippen LogP contribution in [0.1, 0.15) is 38.5 Å². The zero-order valence-electron chi connectivity index (χ0n) is 7.71. The molecule has 0 aromatic heterocycles. The second-order valence-electron chi connectivity index (χ2n) is 4.26. The molecule has 1 N–H and O–H groups in total. The van der Waals surface area contributed by atoms with Crippen LogP contribution >= 0.6 is 0 Å². The van der Waals surface area contributed by atoms with Crippen molar-refractivity contribution in [3.8, 4) is 0 Å². The van der Waals surface area contributed by atoms with Gasteiger partial charge in [-0.05, 0) is 19.3 Å². The number of nitrogens with one attached hydrogen (secondary N) is 1. The molecule has 2 rings (SSSR count). The predicted octanol–water partition coefficient (Wildman–Crippen LogP) is 1.02. The fraction of sp³-hybridized carbons (Fsp3) is 0.800. The maximum Gasteiger partial charge on any atom is 0.226 e. The van der Waals surface area contributed by atoms with Crippen molar-refractivity contribution in [3.05, 3.63) is 0 Å². The van der Waals surface area contributed by atoms with Gasteiger partial charge in [0, 0.05) is 0 Å². The summed E-state index contributed by atoms with van der Waals surface area (Å²) < 4.78 is 0. The van der Waals surface area contributed by atoms with Crippen molar-refractivity contribution in [2.75, 3.05) is 0 Å². The molecule has 2 aliphatic rings. The lowest BCUT2D eigenvalue weighted by Gasteiger charge is -2.30. The van der Waals surface area contributed by atoms with E-state index in [4.69, 9.17) is 0 Å². The highest BCUT2D eigenvalue weighted by molar-refractivity contribution is 5.88. The zero-order valence-corrected chi connectivity index (χ0v) is 7.71. The van der Waals surface area contributed by atoms with Crippen LogP contribution in [-0.4, -0.2) is 18.2 Å². The van der Waals surface area contributed by atoms with Crippen LogP contribution in [0.25, 0.3) is 0 Å². The zero-order chi connectivity index (χ0) is 9.31. The number of carbonyl (C=O) groups excluding carboxylic acids is 2. The van der Waals surface area contributed by atoms with Gasteiger partial charge in [-0.1, -0.05) is 19.3 Å². The normalized spacial score (nSPS) is 31.7. The number of aldehydes is 1. The average Bonchev–Trinajstić information content (AvgIpc) is 2.45. The molecule has 1 atom stereocenters. The molecule has 0 bridgehead atoms. The molecule has 2 fully saturated rings. The van der Waals surface area contributed by atoms with Crippen molar-refractivity contribution >= 4 is 12.2 Å². The largest absolute Gasteiger partial charge is 0.346 e. The molecule has 13 heavy (non-hydrogen) atoms. The van der Waals surface area contributed by atoms with Crippen LogP contribution in [0, 0.1) is 5.41 Å². The molecule has 1 saturated heterocycles. The van der Waals surface area contributed by atoms with Gasteiger partial charge < -0.3 is 10.1 Å². The van der Waals surface area contributed by atoms with Gasteiger partial charge >= 0.3 is 0 Å².